The smallest absolute Gasteiger partial charge is 0.326 e. The van der Waals surface area contributed by atoms with Crippen LogP contribution in [0.15, 0.2) is 18.2 Å². The average Bonchev–Trinajstić information content (AvgIpc) is 2.83. The number of carbonyl (C=O) groups excluding carboxylic acids is 2. The Labute approximate surface area is 174 Å². The SMILES string of the molecule is Cc1nc2c(c(-c3ccc(Cl)cc3Cl)c1C)C(=O)N(CC(=O)OC(C)(C)C)C2. The number of pyridine rings is 1. The molecule has 0 fully saturated rings. The Bertz CT molecular complexity index is 981. The topological polar surface area (TPSA) is 59.5 Å². The van der Waals surface area contributed by atoms with Crippen LogP contribution in [0.4, 0.5) is 0 Å². The Kier molecular flexibility index (Phi) is 5.43. The van der Waals surface area contributed by atoms with E-state index in [1.165, 1.54) is 4.90 Å². The molecule has 1 amide bonds. The van der Waals surface area contributed by atoms with Gasteiger partial charge >= 0.3 is 5.97 Å². The van der Waals surface area contributed by atoms with Gasteiger partial charge in [-0.05, 0) is 52.3 Å². The zero-order valence-corrected chi connectivity index (χ0v) is 18.0. The van der Waals surface area contributed by atoms with Crippen molar-refractivity contribution < 1.29 is 14.3 Å². The number of benzene rings is 1. The first-order chi connectivity index (χ1) is 13.0. The quantitative estimate of drug-likeness (QED) is 0.657. The molecule has 0 N–H and O–H groups in total. The standard InChI is InChI=1S/C21H22Cl2N2O3/c1-11-12(2)24-16-9-25(10-17(26)28-21(3,4)5)20(27)19(16)18(11)14-7-6-13(22)8-15(14)23/h6-8H,9-10H2,1-5H3. The molecular formula is C21H22Cl2N2O3. The van der Waals surface area contributed by atoms with Gasteiger partial charge in [-0.1, -0.05) is 29.3 Å². The Balaban J connectivity index is 2.03. The number of carbonyl (C=O) groups is 2. The lowest BCUT2D eigenvalue weighted by Gasteiger charge is -2.22. The normalized spacial score (nSPS) is 13.7. The maximum atomic E-state index is 13.1. The largest absolute Gasteiger partial charge is 0.459 e. The van der Waals surface area contributed by atoms with Gasteiger partial charge in [0, 0.05) is 26.9 Å². The van der Waals surface area contributed by atoms with Crippen molar-refractivity contribution in [2.24, 2.45) is 0 Å². The summed E-state index contributed by atoms with van der Waals surface area (Å²) in [5.41, 5.74) is 3.65. The molecule has 0 saturated carbocycles. The molecule has 2 heterocycles. The van der Waals surface area contributed by atoms with Crippen molar-refractivity contribution in [1.82, 2.24) is 9.88 Å². The number of aryl methyl sites for hydroxylation is 1. The molecule has 28 heavy (non-hydrogen) atoms. The van der Waals surface area contributed by atoms with E-state index in [0.717, 1.165) is 22.4 Å². The molecule has 7 heteroatoms. The first kappa shape index (κ1) is 20.6. The van der Waals surface area contributed by atoms with Crippen LogP contribution in [0, 0.1) is 13.8 Å². The van der Waals surface area contributed by atoms with Crippen molar-refractivity contribution in [2.75, 3.05) is 6.54 Å². The summed E-state index contributed by atoms with van der Waals surface area (Å²) in [6.07, 6.45) is 0. The first-order valence-electron chi connectivity index (χ1n) is 8.94. The zero-order chi connectivity index (χ0) is 20.8. The van der Waals surface area contributed by atoms with Crippen molar-refractivity contribution in [3.8, 4) is 11.1 Å². The van der Waals surface area contributed by atoms with Gasteiger partial charge < -0.3 is 9.64 Å². The zero-order valence-electron chi connectivity index (χ0n) is 16.5. The predicted molar refractivity (Wildman–Crippen MR) is 110 cm³/mol. The van der Waals surface area contributed by atoms with Crippen molar-refractivity contribution in [1.29, 1.82) is 0 Å². The van der Waals surface area contributed by atoms with Gasteiger partial charge in [-0.15, -0.1) is 0 Å². The van der Waals surface area contributed by atoms with Crippen molar-refractivity contribution in [3.05, 3.63) is 50.8 Å². The lowest BCUT2D eigenvalue weighted by molar-refractivity contribution is -0.155. The van der Waals surface area contributed by atoms with Crippen molar-refractivity contribution in [2.45, 2.75) is 46.8 Å². The van der Waals surface area contributed by atoms with Crippen LogP contribution in [0.25, 0.3) is 11.1 Å². The molecular weight excluding hydrogens is 399 g/mol. The average molecular weight is 421 g/mol. The van der Waals surface area contributed by atoms with Gasteiger partial charge in [0.2, 0.25) is 0 Å². The summed E-state index contributed by atoms with van der Waals surface area (Å²) in [6.45, 7) is 9.31. The predicted octanol–water partition coefficient (Wildman–Crippen LogP) is 4.97. The summed E-state index contributed by atoms with van der Waals surface area (Å²) in [5, 5.41) is 0.980. The van der Waals surface area contributed by atoms with Crippen LogP contribution in [0.3, 0.4) is 0 Å². The van der Waals surface area contributed by atoms with Crippen LogP contribution in [-0.4, -0.2) is 33.9 Å². The molecule has 0 radical (unpaired) electrons. The number of fused-ring (bicyclic) bond motifs is 1. The summed E-state index contributed by atoms with van der Waals surface area (Å²) in [6, 6.07) is 5.19. The van der Waals surface area contributed by atoms with E-state index in [-0.39, 0.29) is 19.0 Å². The second-order valence-corrected chi connectivity index (χ2v) is 8.73. The molecule has 1 aliphatic heterocycles. The fourth-order valence-electron chi connectivity index (χ4n) is 3.30. The number of amides is 1. The van der Waals surface area contributed by atoms with Gasteiger partial charge in [-0.3, -0.25) is 14.6 Å². The number of aromatic nitrogens is 1. The van der Waals surface area contributed by atoms with Crippen LogP contribution in [0.1, 0.15) is 48.1 Å². The lowest BCUT2D eigenvalue weighted by Crippen LogP contribution is -2.35. The Morgan fingerprint density at radius 1 is 1.21 bits per heavy atom. The number of rotatable bonds is 3. The summed E-state index contributed by atoms with van der Waals surface area (Å²) in [5.74, 6) is -0.703. The van der Waals surface area contributed by atoms with E-state index in [2.05, 4.69) is 4.98 Å². The molecule has 0 aliphatic carbocycles. The fraction of sp³-hybridized carbons (Fsp3) is 0.381. The van der Waals surface area contributed by atoms with E-state index < -0.39 is 11.6 Å². The minimum Gasteiger partial charge on any atom is -0.459 e. The highest BCUT2D eigenvalue weighted by Crippen LogP contribution is 2.39. The van der Waals surface area contributed by atoms with Gasteiger partial charge in [0.15, 0.2) is 0 Å². The third kappa shape index (κ3) is 4.01. The maximum absolute atomic E-state index is 13.1. The number of esters is 1. The Hall–Kier alpha value is -2.11. The lowest BCUT2D eigenvalue weighted by atomic mass is 9.94. The highest BCUT2D eigenvalue weighted by Gasteiger charge is 2.35. The number of hydrogen-bond donors (Lipinski definition) is 0. The number of ether oxygens (including phenoxy) is 1. The van der Waals surface area contributed by atoms with Crippen LogP contribution >= 0.6 is 23.2 Å². The van der Waals surface area contributed by atoms with Crippen LogP contribution < -0.4 is 0 Å². The number of nitrogens with zero attached hydrogens (tertiary/aromatic N) is 2. The second kappa shape index (κ2) is 7.37. The highest BCUT2D eigenvalue weighted by atomic mass is 35.5. The molecule has 0 saturated heterocycles. The van der Waals surface area contributed by atoms with E-state index in [1.807, 2.05) is 13.8 Å². The molecule has 3 rings (SSSR count). The summed E-state index contributed by atoms with van der Waals surface area (Å²) >= 11 is 12.5. The van der Waals surface area contributed by atoms with Gasteiger partial charge in [-0.25, -0.2) is 0 Å². The summed E-state index contributed by atoms with van der Waals surface area (Å²) in [7, 11) is 0. The van der Waals surface area contributed by atoms with Gasteiger partial charge in [-0.2, -0.15) is 0 Å². The van der Waals surface area contributed by atoms with E-state index in [0.29, 0.717) is 21.3 Å². The van der Waals surface area contributed by atoms with E-state index in [1.54, 1.807) is 39.0 Å². The maximum Gasteiger partial charge on any atom is 0.326 e. The summed E-state index contributed by atoms with van der Waals surface area (Å²) < 4.78 is 5.35. The molecule has 0 spiro atoms. The molecule has 0 atom stereocenters. The van der Waals surface area contributed by atoms with Crippen molar-refractivity contribution in [3.63, 3.8) is 0 Å². The molecule has 1 aromatic carbocycles. The van der Waals surface area contributed by atoms with E-state index in [4.69, 9.17) is 27.9 Å². The molecule has 148 valence electrons. The number of halogens is 2. The van der Waals surface area contributed by atoms with Crippen LogP contribution in [0.2, 0.25) is 10.0 Å². The number of hydrogen-bond acceptors (Lipinski definition) is 4. The highest BCUT2D eigenvalue weighted by molar-refractivity contribution is 6.36. The molecule has 1 aliphatic rings. The molecule has 5 nitrogen and oxygen atoms in total. The van der Waals surface area contributed by atoms with E-state index in [9.17, 15) is 9.59 Å². The van der Waals surface area contributed by atoms with Crippen LogP contribution in [-0.2, 0) is 16.1 Å². The fourth-order valence-corrected chi connectivity index (χ4v) is 3.80. The Morgan fingerprint density at radius 2 is 1.89 bits per heavy atom. The third-order valence-corrected chi connectivity index (χ3v) is 5.09. The molecule has 1 aromatic heterocycles. The van der Waals surface area contributed by atoms with Crippen LogP contribution in [0.5, 0.6) is 0 Å². The van der Waals surface area contributed by atoms with Crippen molar-refractivity contribution >= 4 is 35.1 Å². The minimum absolute atomic E-state index is 0.127. The second-order valence-electron chi connectivity index (χ2n) is 7.89. The Morgan fingerprint density at radius 3 is 2.50 bits per heavy atom. The minimum atomic E-state index is -0.611. The first-order valence-corrected chi connectivity index (χ1v) is 9.70. The van der Waals surface area contributed by atoms with Gasteiger partial charge in [0.1, 0.15) is 12.1 Å². The monoisotopic (exact) mass is 420 g/mol. The van der Waals surface area contributed by atoms with Gasteiger partial charge in [0.05, 0.1) is 17.8 Å². The van der Waals surface area contributed by atoms with Gasteiger partial charge in [0.25, 0.3) is 5.91 Å². The molecule has 0 unspecified atom stereocenters. The molecule has 2 aromatic rings. The van der Waals surface area contributed by atoms with E-state index >= 15 is 0 Å². The summed E-state index contributed by atoms with van der Waals surface area (Å²) in [4.78, 5) is 31.4. The third-order valence-electron chi connectivity index (χ3n) is 4.54. The molecule has 0 bridgehead atoms.